The molecule has 114 valence electrons. The third kappa shape index (κ3) is 3.83. The molecule has 10 nitrogen and oxygen atoms in total. The van der Waals surface area contributed by atoms with Crippen LogP contribution in [-0.2, 0) is 4.74 Å². The van der Waals surface area contributed by atoms with Gasteiger partial charge in [0.2, 0.25) is 11.9 Å². The second kappa shape index (κ2) is 6.90. The molecule has 0 saturated heterocycles. The fourth-order valence-corrected chi connectivity index (χ4v) is 1.65. The highest BCUT2D eigenvalue weighted by Crippen LogP contribution is 2.12. The minimum Gasteiger partial charge on any atom is -0.383 e. The van der Waals surface area contributed by atoms with Crippen molar-refractivity contribution in [3.05, 3.63) is 12.7 Å². The number of nitrogens with zero attached hydrogens (tertiary/aromatic N) is 6. The van der Waals surface area contributed by atoms with Gasteiger partial charge in [0.25, 0.3) is 5.95 Å². The molecule has 0 aromatic carbocycles. The monoisotopic (exact) mass is 293 g/mol. The van der Waals surface area contributed by atoms with E-state index in [1.54, 1.807) is 7.11 Å². The number of nitrogens with one attached hydrogen (secondary N) is 2. The normalized spacial score (nSPS) is 12.4. The fraction of sp³-hybridized carbons (Fsp3) is 0.545. The van der Waals surface area contributed by atoms with E-state index in [4.69, 9.17) is 10.6 Å². The van der Waals surface area contributed by atoms with Crippen LogP contribution in [0.15, 0.2) is 12.7 Å². The van der Waals surface area contributed by atoms with Crippen LogP contribution in [0.2, 0.25) is 0 Å². The van der Waals surface area contributed by atoms with Gasteiger partial charge in [-0.2, -0.15) is 24.7 Å². The lowest BCUT2D eigenvalue weighted by Crippen LogP contribution is -2.31. The molecule has 21 heavy (non-hydrogen) atoms. The lowest BCUT2D eigenvalue weighted by Gasteiger charge is -2.21. The number of hydrogen-bond acceptors (Lipinski definition) is 9. The van der Waals surface area contributed by atoms with Crippen LogP contribution in [0.25, 0.3) is 5.95 Å². The van der Waals surface area contributed by atoms with E-state index in [1.165, 1.54) is 17.3 Å². The van der Waals surface area contributed by atoms with Crippen molar-refractivity contribution in [2.75, 3.05) is 24.5 Å². The quantitative estimate of drug-likeness (QED) is 0.470. The summed E-state index contributed by atoms with van der Waals surface area (Å²) in [5, 5.41) is 7.20. The summed E-state index contributed by atoms with van der Waals surface area (Å²) in [5.41, 5.74) is 2.41. The Morgan fingerprint density at radius 1 is 1.29 bits per heavy atom. The minimum atomic E-state index is 0.0617. The van der Waals surface area contributed by atoms with Gasteiger partial charge < -0.3 is 10.1 Å². The number of aromatic nitrogens is 6. The van der Waals surface area contributed by atoms with Crippen molar-refractivity contribution in [2.24, 2.45) is 11.8 Å². The van der Waals surface area contributed by atoms with Gasteiger partial charge in [0.15, 0.2) is 0 Å². The summed E-state index contributed by atoms with van der Waals surface area (Å²) in [5.74, 6) is 6.67. The van der Waals surface area contributed by atoms with Gasteiger partial charge >= 0.3 is 0 Å². The summed E-state index contributed by atoms with van der Waals surface area (Å²) < 4.78 is 6.62. The molecule has 0 aliphatic carbocycles. The predicted molar refractivity (Wildman–Crippen MR) is 76.7 cm³/mol. The Hall–Kier alpha value is -2.33. The average molecular weight is 293 g/mol. The first kappa shape index (κ1) is 15.1. The van der Waals surface area contributed by atoms with E-state index in [0.717, 1.165) is 0 Å². The lowest BCUT2D eigenvalue weighted by atomic mass is 10.1. The van der Waals surface area contributed by atoms with Gasteiger partial charge in [-0.1, -0.05) is 13.8 Å². The van der Waals surface area contributed by atoms with E-state index in [0.29, 0.717) is 24.4 Å². The maximum absolute atomic E-state index is 5.39. The fourth-order valence-electron chi connectivity index (χ4n) is 1.65. The Balaban J connectivity index is 2.28. The van der Waals surface area contributed by atoms with Crippen LogP contribution in [-0.4, -0.2) is 49.5 Å². The van der Waals surface area contributed by atoms with Crippen LogP contribution in [0.4, 0.5) is 11.9 Å². The molecule has 0 amide bonds. The van der Waals surface area contributed by atoms with E-state index in [9.17, 15) is 0 Å². The number of methoxy groups -OCH3 is 1. The first-order valence-corrected chi connectivity index (χ1v) is 6.47. The Bertz CT molecular complexity index is 557. The molecule has 1 unspecified atom stereocenters. The summed E-state index contributed by atoms with van der Waals surface area (Å²) in [6.45, 7) is 4.70. The van der Waals surface area contributed by atoms with Gasteiger partial charge in [0.1, 0.15) is 12.7 Å². The topological polar surface area (TPSA) is 129 Å². The zero-order valence-electron chi connectivity index (χ0n) is 12.2. The molecule has 1 atom stereocenters. The van der Waals surface area contributed by atoms with E-state index >= 15 is 0 Å². The highest BCUT2D eigenvalue weighted by molar-refractivity contribution is 5.37. The van der Waals surface area contributed by atoms with Crippen molar-refractivity contribution < 1.29 is 4.74 Å². The minimum absolute atomic E-state index is 0.0617. The van der Waals surface area contributed by atoms with Crippen LogP contribution < -0.4 is 16.6 Å². The van der Waals surface area contributed by atoms with Crippen molar-refractivity contribution >= 4 is 11.9 Å². The lowest BCUT2D eigenvalue weighted by molar-refractivity contribution is 0.171. The Kier molecular flexibility index (Phi) is 4.95. The third-order valence-corrected chi connectivity index (χ3v) is 2.84. The molecule has 10 heteroatoms. The first-order valence-electron chi connectivity index (χ1n) is 6.47. The Morgan fingerprint density at radius 3 is 2.62 bits per heavy atom. The predicted octanol–water partition coefficient (Wildman–Crippen LogP) is -0.179. The van der Waals surface area contributed by atoms with E-state index in [1.807, 2.05) is 0 Å². The molecule has 2 rings (SSSR count). The maximum Gasteiger partial charge on any atom is 0.258 e. The van der Waals surface area contributed by atoms with E-state index < -0.39 is 0 Å². The average Bonchev–Trinajstić information content (AvgIpc) is 3.00. The number of rotatable bonds is 7. The summed E-state index contributed by atoms with van der Waals surface area (Å²) >= 11 is 0. The number of hydrazine groups is 1. The van der Waals surface area contributed by atoms with Gasteiger partial charge in [-0.05, 0) is 5.92 Å². The smallest absolute Gasteiger partial charge is 0.258 e. The van der Waals surface area contributed by atoms with Gasteiger partial charge in [0.05, 0.1) is 12.6 Å². The summed E-state index contributed by atoms with van der Waals surface area (Å²) in [4.78, 5) is 16.5. The molecule has 0 fully saturated rings. The number of nitrogens with two attached hydrogens (primary N) is 1. The third-order valence-electron chi connectivity index (χ3n) is 2.84. The molecule has 4 N–H and O–H groups in total. The van der Waals surface area contributed by atoms with Crippen LogP contribution in [0.3, 0.4) is 0 Å². The largest absolute Gasteiger partial charge is 0.383 e. The Morgan fingerprint density at radius 2 is 2.05 bits per heavy atom. The molecule has 0 spiro atoms. The van der Waals surface area contributed by atoms with Crippen molar-refractivity contribution in [2.45, 2.75) is 19.9 Å². The summed E-state index contributed by atoms with van der Waals surface area (Å²) in [7, 11) is 1.65. The number of ether oxygens (including phenoxy) is 1. The van der Waals surface area contributed by atoms with Crippen LogP contribution in [0, 0.1) is 5.92 Å². The highest BCUT2D eigenvalue weighted by atomic mass is 16.5. The highest BCUT2D eigenvalue weighted by Gasteiger charge is 2.16. The van der Waals surface area contributed by atoms with Crippen molar-refractivity contribution in [3.63, 3.8) is 0 Å². The van der Waals surface area contributed by atoms with Crippen LogP contribution >= 0.6 is 0 Å². The molecule has 2 heterocycles. The number of nitrogen functional groups attached to an aromatic ring is 1. The number of hydrogen-bond donors (Lipinski definition) is 3. The SMILES string of the molecule is COCC(Nc1nc(NN)nc(-n2cncn2)n1)C(C)C. The van der Waals surface area contributed by atoms with Crippen LogP contribution in [0.1, 0.15) is 13.8 Å². The molecule has 0 aliphatic heterocycles. The van der Waals surface area contributed by atoms with Crippen molar-refractivity contribution in [1.29, 1.82) is 0 Å². The van der Waals surface area contributed by atoms with Gasteiger partial charge in [-0.3, -0.25) is 5.43 Å². The van der Waals surface area contributed by atoms with Gasteiger partial charge in [-0.25, -0.2) is 10.8 Å². The summed E-state index contributed by atoms with van der Waals surface area (Å²) in [6.07, 6.45) is 2.89. The molecular weight excluding hydrogens is 274 g/mol. The molecule has 2 aromatic rings. The van der Waals surface area contributed by atoms with Gasteiger partial charge in [0, 0.05) is 7.11 Å². The molecule has 2 aromatic heterocycles. The molecule has 0 saturated carbocycles. The van der Waals surface area contributed by atoms with E-state index in [2.05, 4.69) is 49.6 Å². The maximum atomic E-state index is 5.39. The molecular formula is C11H19N9O. The standard InChI is InChI=1S/C11H19N9O/c1-7(2)8(4-21-3)15-9-16-10(19-12)18-11(17-9)20-6-13-5-14-20/h5-8H,4,12H2,1-3H3,(H2,15,16,17,18,19). The van der Waals surface area contributed by atoms with Crippen molar-refractivity contribution in [1.82, 2.24) is 29.7 Å². The molecule has 0 bridgehead atoms. The second-order valence-corrected chi connectivity index (χ2v) is 4.72. The van der Waals surface area contributed by atoms with Crippen molar-refractivity contribution in [3.8, 4) is 5.95 Å². The zero-order chi connectivity index (χ0) is 15.2. The van der Waals surface area contributed by atoms with Crippen LogP contribution in [0.5, 0.6) is 0 Å². The van der Waals surface area contributed by atoms with Gasteiger partial charge in [-0.15, -0.1) is 0 Å². The molecule has 0 aliphatic rings. The molecule has 0 radical (unpaired) electrons. The number of anilines is 2. The zero-order valence-corrected chi connectivity index (χ0v) is 12.2. The first-order chi connectivity index (χ1) is 10.1. The Labute approximate surface area is 122 Å². The summed E-state index contributed by atoms with van der Waals surface area (Å²) in [6, 6.07) is 0.0617. The van der Waals surface area contributed by atoms with E-state index in [-0.39, 0.29) is 12.0 Å². The second-order valence-electron chi connectivity index (χ2n) is 4.72.